The zero-order valence-corrected chi connectivity index (χ0v) is 19.4. The van der Waals surface area contributed by atoms with Gasteiger partial charge in [-0.2, -0.15) is 0 Å². The first kappa shape index (κ1) is 22.4. The molecule has 2 N–H and O–H groups in total. The molecular weight excluding hydrogens is 424 g/mol. The van der Waals surface area contributed by atoms with E-state index < -0.39 is 6.10 Å². The predicted molar refractivity (Wildman–Crippen MR) is 126 cm³/mol. The van der Waals surface area contributed by atoms with E-state index in [1.165, 1.54) is 24.2 Å². The third-order valence-electron chi connectivity index (χ3n) is 5.19. The summed E-state index contributed by atoms with van der Waals surface area (Å²) in [6, 6.07) is 13.6. The van der Waals surface area contributed by atoms with Crippen molar-refractivity contribution in [2.45, 2.75) is 50.8 Å². The number of benzene rings is 2. The standard InChI is InChI=1S/C24H28N4O3S/c1-15-7-10-22(16(2)11-15)31-13-21(30)14-32-24-27-26-23(18-8-9-18)28(24)20-6-4-5-19(12-20)25-17(3)29/h4-7,10-12,18,21,30H,8-9,13-14H2,1-3H3,(H,25,29). The largest absolute Gasteiger partial charge is 0.491 e. The Morgan fingerprint density at radius 3 is 2.78 bits per heavy atom. The maximum absolute atomic E-state index is 11.5. The van der Waals surface area contributed by atoms with Gasteiger partial charge in [0, 0.05) is 24.3 Å². The maximum atomic E-state index is 11.5. The lowest BCUT2D eigenvalue weighted by molar-refractivity contribution is -0.114. The van der Waals surface area contributed by atoms with E-state index in [9.17, 15) is 9.90 Å². The number of aryl methyl sites for hydroxylation is 2. The lowest BCUT2D eigenvalue weighted by atomic mass is 10.1. The highest BCUT2D eigenvalue weighted by Gasteiger charge is 2.31. The van der Waals surface area contributed by atoms with Gasteiger partial charge < -0.3 is 15.2 Å². The first-order valence-electron chi connectivity index (χ1n) is 10.7. The molecule has 0 bridgehead atoms. The van der Waals surface area contributed by atoms with Gasteiger partial charge in [-0.25, -0.2) is 0 Å². The summed E-state index contributed by atoms with van der Waals surface area (Å²) in [5.74, 6) is 2.43. The van der Waals surface area contributed by atoms with E-state index in [0.29, 0.717) is 11.7 Å². The molecule has 3 aromatic rings. The number of carbonyl (C=O) groups excluding carboxylic acids is 1. The summed E-state index contributed by atoms with van der Waals surface area (Å²) in [6.07, 6.45) is 1.54. The molecule has 0 spiro atoms. The average Bonchev–Trinajstić information content (AvgIpc) is 3.50. The van der Waals surface area contributed by atoms with Crippen LogP contribution in [0.2, 0.25) is 0 Å². The molecule has 7 nitrogen and oxygen atoms in total. The lowest BCUT2D eigenvalue weighted by Gasteiger charge is -2.15. The van der Waals surface area contributed by atoms with E-state index >= 15 is 0 Å². The molecule has 1 atom stereocenters. The number of thioether (sulfide) groups is 1. The second-order valence-corrected chi connectivity index (χ2v) is 9.21. The summed E-state index contributed by atoms with van der Waals surface area (Å²) in [5, 5.41) is 22.9. The van der Waals surface area contributed by atoms with E-state index in [1.54, 1.807) is 0 Å². The fourth-order valence-corrected chi connectivity index (χ4v) is 4.38. The molecule has 1 unspecified atom stereocenters. The van der Waals surface area contributed by atoms with Crippen LogP contribution in [0.4, 0.5) is 5.69 Å². The van der Waals surface area contributed by atoms with Crippen LogP contribution in [-0.4, -0.2) is 44.2 Å². The van der Waals surface area contributed by atoms with E-state index in [4.69, 9.17) is 4.74 Å². The third-order valence-corrected chi connectivity index (χ3v) is 6.27. The summed E-state index contributed by atoms with van der Waals surface area (Å²) >= 11 is 1.45. The predicted octanol–water partition coefficient (Wildman–Crippen LogP) is 4.25. The number of amides is 1. The molecule has 2 aromatic carbocycles. The van der Waals surface area contributed by atoms with Gasteiger partial charge in [0.05, 0.1) is 11.8 Å². The summed E-state index contributed by atoms with van der Waals surface area (Å²) in [7, 11) is 0. The molecule has 1 fully saturated rings. The molecule has 0 saturated heterocycles. The zero-order chi connectivity index (χ0) is 22.7. The van der Waals surface area contributed by atoms with Crippen molar-refractivity contribution in [2.24, 2.45) is 0 Å². The number of hydrogen-bond donors (Lipinski definition) is 2. The van der Waals surface area contributed by atoms with Crippen molar-refractivity contribution in [3.8, 4) is 11.4 Å². The van der Waals surface area contributed by atoms with E-state index in [1.807, 2.05) is 54.8 Å². The molecule has 1 aliphatic carbocycles. The van der Waals surface area contributed by atoms with Crippen LogP contribution in [0.1, 0.15) is 42.6 Å². The molecule has 1 aromatic heterocycles. The normalized spacial score (nSPS) is 14.2. The van der Waals surface area contributed by atoms with Crippen LogP contribution in [0.3, 0.4) is 0 Å². The molecule has 0 aliphatic heterocycles. The number of rotatable bonds is 9. The molecule has 32 heavy (non-hydrogen) atoms. The van der Waals surface area contributed by atoms with Crippen molar-refractivity contribution in [2.75, 3.05) is 17.7 Å². The zero-order valence-electron chi connectivity index (χ0n) is 18.5. The minimum absolute atomic E-state index is 0.116. The molecule has 1 aliphatic rings. The number of ether oxygens (including phenoxy) is 1. The Balaban J connectivity index is 1.45. The lowest BCUT2D eigenvalue weighted by Crippen LogP contribution is -2.20. The van der Waals surface area contributed by atoms with Crippen molar-refractivity contribution < 1.29 is 14.6 Å². The first-order valence-corrected chi connectivity index (χ1v) is 11.7. The Morgan fingerprint density at radius 2 is 2.06 bits per heavy atom. The van der Waals surface area contributed by atoms with Gasteiger partial charge in [0.2, 0.25) is 5.91 Å². The van der Waals surface area contributed by atoms with E-state index in [0.717, 1.165) is 46.5 Å². The van der Waals surface area contributed by atoms with Gasteiger partial charge in [0.1, 0.15) is 18.2 Å². The van der Waals surface area contributed by atoms with Crippen LogP contribution in [0.15, 0.2) is 47.6 Å². The Morgan fingerprint density at radius 1 is 1.25 bits per heavy atom. The Kier molecular flexibility index (Phi) is 6.81. The van der Waals surface area contributed by atoms with Crippen LogP contribution < -0.4 is 10.1 Å². The quantitative estimate of drug-likeness (QED) is 0.472. The number of aromatic nitrogens is 3. The van der Waals surface area contributed by atoms with Gasteiger partial charge in [-0.15, -0.1) is 10.2 Å². The van der Waals surface area contributed by atoms with Crippen molar-refractivity contribution in [3.63, 3.8) is 0 Å². The fraction of sp³-hybridized carbons (Fsp3) is 0.375. The molecular formula is C24H28N4O3S. The molecule has 1 heterocycles. The number of aliphatic hydroxyl groups is 1. The highest BCUT2D eigenvalue weighted by Crippen LogP contribution is 2.41. The SMILES string of the molecule is CC(=O)Nc1cccc(-n2c(SCC(O)COc3ccc(C)cc3C)nnc2C2CC2)c1. The summed E-state index contributed by atoms with van der Waals surface area (Å²) in [6.45, 7) is 5.74. The highest BCUT2D eigenvalue weighted by atomic mass is 32.2. The Labute approximate surface area is 192 Å². The fourth-order valence-electron chi connectivity index (χ4n) is 3.52. The second kappa shape index (κ2) is 9.75. The van der Waals surface area contributed by atoms with Crippen molar-refractivity contribution in [1.29, 1.82) is 0 Å². The smallest absolute Gasteiger partial charge is 0.221 e. The van der Waals surface area contributed by atoms with Gasteiger partial charge in [0.25, 0.3) is 0 Å². The number of aliphatic hydroxyl groups excluding tert-OH is 1. The van der Waals surface area contributed by atoms with Gasteiger partial charge in [-0.1, -0.05) is 35.5 Å². The topological polar surface area (TPSA) is 89.3 Å². The maximum Gasteiger partial charge on any atom is 0.221 e. The first-order chi connectivity index (χ1) is 15.4. The van der Waals surface area contributed by atoms with Gasteiger partial charge in [-0.3, -0.25) is 9.36 Å². The number of anilines is 1. The molecule has 168 valence electrons. The van der Waals surface area contributed by atoms with Gasteiger partial charge in [-0.05, 0) is 56.5 Å². The summed E-state index contributed by atoms with van der Waals surface area (Å²) in [5.41, 5.74) is 3.85. The number of hydrogen-bond acceptors (Lipinski definition) is 6. The van der Waals surface area contributed by atoms with Gasteiger partial charge >= 0.3 is 0 Å². The van der Waals surface area contributed by atoms with Crippen molar-refractivity contribution in [3.05, 3.63) is 59.4 Å². The highest BCUT2D eigenvalue weighted by molar-refractivity contribution is 7.99. The number of carbonyl (C=O) groups is 1. The molecule has 4 rings (SSSR count). The average molecular weight is 453 g/mol. The van der Waals surface area contributed by atoms with Crippen LogP contribution in [0.5, 0.6) is 5.75 Å². The van der Waals surface area contributed by atoms with Gasteiger partial charge in [0.15, 0.2) is 5.16 Å². The monoisotopic (exact) mass is 452 g/mol. The minimum atomic E-state index is -0.652. The number of nitrogens with one attached hydrogen (secondary N) is 1. The summed E-state index contributed by atoms with van der Waals surface area (Å²) < 4.78 is 7.85. The second-order valence-electron chi connectivity index (χ2n) is 8.23. The van der Waals surface area contributed by atoms with Crippen LogP contribution in [0.25, 0.3) is 5.69 Å². The van der Waals surface area contributed by atoms with Crippen LogP contribution in [0, 0.1) is 13.8 Å². The molecule has 8 heteroatoms. The molecule has 1 amide bonds. The third kappa shape index (κ3) is 5.49. The molecule has 1 saturated carbocycles. The van der Waals surface area contributed by atoms with Crippen molar-refractivity contribution >= 4 is 23.4 Å². The molecule has 0 radical (unpaired) electrons. The van der Waals surface area contributed by atoms with Crippen LogP contribution in [-0.2, 0) is 4.79 Å². The Bertz CT molecular complexity index is 1110. The minimum Gasteiger partial charge on any atom is -0.491 e. The van der Waals surface area contributed by atoms with Crippen LogP contribution >= 0.6 is 11.8 Å². The number of nitrogens with zero attached hydrogens (tertiary/aromatic N) is 3. The summed E-state index contributed by atoms with van der Waals surface area (Å²) in [4.78, 5) is 11.5. The Hall–Kier alpha value is -2.84. The van der Waals surface area contributed by atoms with E-state index in [2.05, 4.69) is 21.6 Å². The van der Waals surface area contributed by atoms with E-state index in [-0.39, 0.29) is 12.5 Å². The van der Waals surface area contributed by atoms with Crippen molar-refractivity contribution in [1.82, 2.24) is 14.8 Å².